The van der Waals surface area contributed by atoms with Crippen molar-refractivity contribution in [2.24, 2.45) is 0 Å². The Labute approximate surface area is 153 Å². The summed E-state index contributed by atoms with van der Waals surface area (Å²) in [7, 11) is 0. The van der Waals surface area contributed by atoms with Gasteiger partial charge in [-0.15, -0.1) is 11.3 Å². The van der Waals surface area contributed by atoms with Crippen LogP contribution in [-0.4, -0.2) is 16.7 Å². The molecule has 5 nitrogen and oxygen atoms in total. The molecule has 6 heteroatoms. The molecule has 0 fully saturated rings. The number of anilines is 1. The molecule has 1 heterocycles. The fraction of sp³-hybridized carbons (Fsp3) is 0.474. The van der Waals surface area contributed by atoms with Crippen LogP contribution < -0.4 is 10.6 Å². The van der Waals surface area contributed by atoms with E-state index < -0.39 is 11.7 Å². The van der Waals surface area contributed by atoms with Crippen LogP contribution in [0.4, 0.5) is 10.5 Å². The SMILES string of the molecule is Cc1nc(C(C)Nc2cccc(CNC(=O)OC(C)(C)C)c2)c(C)s1. The normalized spacial score (nSPS) is 12.6. The summed E-state index contributed by atoms with van der Waals surface area (Å²) in [5.74, 6) is 0. The topological polar surface area (TPSA) is 63.2 Å². The fourth-order valence-electron chi connectivity index (χ4n) is 2.52. The number of nitrogens with one attached hydrogen (secondary N) is 2. The van der Waals surface area contributed by atoms with E-state index in [1.807, 2.05) is 52.0 Å². The first-order valence-electron chi connectivity index (χ1n) is 8.40. The van der Waals surface area contributed by atoms with E-state index in [9.17, 15) is 4.79 Å². The van der Waals surface area contributed by atoms with Gasteiger partial charge >= 0.3 is 6.09 Å². The van der Waals surface area contributed by atoms with E-state index in [0.29, 0.717) is 6.54 Å². The van der Waals surface area contributed by atoms with Gasteiger partial charge in [-0.1, -0.05) is 12.1 Å². The van der Waals surface area contributed by atoms with Crippen LogP contribution in [0.25, 0.3) is 0 Å². The second-order valence-electron chi connectivity index (χ2n) is 7.10. The first kappa shape index (κ1) is 19.2. The number of benzene rings is 1. The van der Waals surface area contributed by atoms with E-state index in [1.165, 1.54) is 4.88 Å². The highest BCUT2D eigenvalue weighted by Crippen LogP contribution is 2.25. The lowest BCUT2D eigenvalue weighted by atomic mass is 10.1. The highest BCUT2D eigenvalue weighted by molar-refractivity contribution is 7.11. The summed E-state index contributed by atoms with van der Waals surface area (Å²) in [6, 6.07) is 8.12. The number of nitrogens with zero attached hydrogens (tertiary/aromatic N) is 1. The lowest BCUT2D eigenvalue weighted by Crippen LogP contribution is -2.32. The Balaban J connectivity index is 1.97. The lowest BCUT2D eigenvalue weighted by molar-refractivity contribution is 0.0523. The predicted molar refractivity (Wildman–Crippen MR) is 103 cm³/mol. The molecule has 0 spiro atoms. The van der Waals surface area contributed by atoms with Gasteiger partial charge in [0.05, 0.1) is 16.7 Å². The molecule has 25 heavy (non-hydrogen) atoms. The molecule has 1 unspecified atom stereocenters. The third kappa shape index (κ3) is 6.05. The first-order valence-corrected chi connectivity index (χ1v) is 9.22. The maximum Gasteiger partial charge on any atom is 0.407 e. The zero-order valence-corrected chi connectivity index (χ0v) is 16.6. The second kappa shape index (κ2) is 7.87. The van der Waals surface area contributed by atoms with Crippen molar-refractivity contribution < 1.29 is 9.53 Å². The second-order valence-corrected chi connectivity index (χ2v) is 8.50. The molecule has 0 saturated carbocycles. The fourth-order valence-corrected chi connectivity index (χ4v) is 3.44. The van der Waals surface area contributed by atoms with Crippen LogP contribution in [0, 0.1) is 13.8 Å². The van der Waals surface area contributed by atoms with E-state index in [0.717, 1.165) is 22.0 Å². The Morgan fingerprint density at radius 3 is 2.64 bits per heavy atom. The van der Waals surface area contributed by atoms with Crippen molar-refractivity contribution in [1.82, 2.24) is 10.3 Å². The molecule has 1 aromatic carbocycles. The number of rotatable bonds is 5. The van der Waals surface area contributed by atoms with Gasteiger partial charge in [-0.25, -0.2) is 9.78 Å². The van der Waals surface area contributed by atoms with E-state index in [2.05, 4.69) is 29.5 Å². The Bertz CT molecular complexity index is 735. The summed E-state index contributed by atoms with van der Waals surface area (Å²) in [6.07, 6.45) is -0.409. The molecule has 1 amide bonds. The predicted octanol–water partition coefficient (Wildman–Crippen LogP) is 4.96. The molecule has 0 radical (unpaired) electrons. The smallest absolute Gasteiger partial charge is 0.407 e. The van der Waals surface area contributed by atoms with Crippen LogP contribution in [0.1, 0.15) is 54.9 Å². The molecule has 1 aromatic heterocycles. The maximum absolute atomic E-state index is 11.8. The molecule has 0 bridgehead atoms. The number of carbonyl (C=O) groups is 1. The van der Waals surface area contributed by atoms with Crippen LogP contribution in [0.5, 0.6) is 0 Å². The minimum atomic E-state index is -0.494. The molecular formula is C19H27N3O2S. The van der Waals surface area contributed by atoms with E-state index in [1.54, 1.807) is 11.3 Å². The average Bonchev–Trinajstić information content (AvgIpc) is 2.83. The molecule has 0 aliphatic carbocycles. The summed E-state index contributed by atoms with van der Waals surface area (Å²) in [5, 5.41) is 7.34. The summed E-state index contributed by atoms with van der Waals surface area (Å²) < 4.78 is 5.25. The maximum atomic E-state index is 11.8. The highest BCUT2D eigenvalue weighted by Gasteiger charge is 2.16. The van der Waals surface area contributed by atoms with Gasteiger partial charge in [-0.05, 0) is 59.2 Å². The standard InChI is InChI=1S/C19H27N3O2S/c1-12(17-13(2)25-14(3)22-17)21-16-9-7-8-15(10-16)11-20-18(23)24-19(4,5)6/h7-10,12,21H,11H2,1-6H3,(H,20,23). The molecule has 0 saturated heterocycles. The molecule has 0 aliphatic rings. The number of alkyl carbamates (subject to hydrolysis) is 1. The molecule has 2 rings (SSSR count). The number of thiazole rings is 1. The van der Waals surface area contributed by atoms with Crippen LogP contribution in [0.3, 0.4) is 0 Å². The monoisotopic (exact) mass is 361 g/mol. The quantitative estimate of drug-likeness (QED) is 0.790. The van der Waals surface area contributed by atoms with Gasteiger partial charge in [0.1, 0.15) is 5.60 Å². The van der Waals surface area contributed by atoms with Gasteiger partial charge in [0.25, 0.3) is 0 Å². The Hall–Kier alpha value is -2.08. The van der Waals surface area contributed by atoms with Gasteiger partial charge in [-0.3, -0.25) is 0 Å². The molecular weight excluding hydrogens is 334 g/mol. The number of hydrogen-bond acceptors (Lipinski definition) is 5. The molecule has 136 valence electrons. The van der Waals surface area contributed by atoms with Crippen molar-refractivity contribution in [2.75, 3.05) is 5.32 Å². The number of ether oxygens (including phenoxy) is 1. The van der Waals surface area contributed by atoms with Gasteiger partial charge in [-0.2, -0.15) is 0 Å². The largest absolute Gasteiger partial charge is 0.444 e. The highest BCUT2D eigenvalue weighted by atomic mass is 32.1. The van der Waals surface area contributed by atoms with E-state index in [-0.39, 0.29) is 6.04 Å². The zero-order valence-electron chi connectivity index (χ0n) is 15.8. The summed E-state index contributed by atoms with van der Waals surface area (Å²) in [6.45, 7) is 12.2. The van der Waals surface area contributed by atoms with Crippen molar-refractivity contribution in [2.45, 2.75) is 59.7 Å². The average molecular weight is 362 g/mol. The minimum absolute atomic E-state index is 0.124. The Kier molecular flexibility index (Phi) is 6.06. The van der Waals surface area contributed by atoms with Crippen molar-refractivity contribution in [1.29, 1.82) is 0 Å². The lowest BCUT2D eigenvalue weighted by Gasteiger charge is -2.20. The summed E-state index contributed by atoms with van der Waals surface area (Å²) >= 11 is 1.71. The van der Waals surface area contributed by atoms with Crippen molar-refractivity contribution in [3.8, 4) is 0 Å². The van der Waals surface area contributed by atoms with Crippen LogP contribution in [0.2, 0.25) is 0 Å². The number of hydrogen-bond donors (Lipinski definition) is 2. The van der Waals surface area contributed by atoms with Crippen molar-refractivity contribution in [3.63, 3.8) is 0 Å². The minimum Gasteiger partial charge on any atom is -0.444 e. The summed E-state index contributed by atoms with van der Waals surface area (Å²) in [4.78, 5) is 17.6. The van der Waals surface area contributed by atoms with Gasteiger partial charge in [0.15, 0.2) is 0 Å². The van der Waals surface area contributed by atoms with E-state index >= 15 is 0 Å². The number of carbonyl (C=O) groups excluding carboxylic acids is 1. The summed E-state index contributed by atoms with van der Waals surface area (Å²) in [5.41, 5.74) is 2.60. The van der Waals surface area contributed by atoms with Crippen molar-refractivity contribution >= 4 is 23.1 Å². The van der Waals surface area contributed by atoms with Gasteiger partial charge in [0, 0.05) is 17.1 Å². The number of amides is 1. The van der Waals surface area contributed by atoms with Crippen LogP contribution in [-0.2, 0) is 11.3 Å². The van der Waals surface area contributed by atoms with Crippen molar-refractivity contribution in [3.05, 3.63) is 45.4 Å². The molecule has 0 aliphatic heterocycles. The zero-order chi connectivity index (χ0) is 18.6. The molecule has 2 aromatic rings. The molecule has 1 atom stereocenters. The van der Waals surface area contributed by atoms with Crippen LogP contribution >= 0.6 is 11.3 Å². The number of aromatic nitrogens is 1. The first-order chi connectivity index (χ1) is 11.6. The molecule has 2 N–H and O–H groups in total. The Morgan fingerprint density at radius 1 is 1.32 bits per heavy atom. The van der Waals surface area contributed by atoms with Gasteiger partial charge in [0.2, 0.25) is 0 Å². The van der Waals surface area contributed by atoms with Gasteiger partial charge < -0.3 is 15.4 Å². The third-order valence-corrected chi connectivity index (χ3v) is 4.40. The van der Waals surface area contributed by atoms with E-state index in [4.69, 9.17) is 4.74 Å². The third-order valence-electron chi connectivity index (χ3n) is 3.50. The Morgan fingerprint density at radius 2 is 2.04 bits per heavy atom. The van der Waals surface area contributed by atoms with Crippen LogP contribution in [0.15, 0.2) is 24.3 Å². The number of aryl methyl sites for hydroxylation is 2.